The fourth-order valence-corrected chi connectivity index (χ4v) is 2.95. The zero-order valence-corrected chi connectivity index (χ0v) is 11.6. The maximum atomic E-state index is 5.91. The van der Waals surface area contributed by atoms with E-state index in [1.165, 1.54) is 29.8 Å². The maximum Gasteiger partial charge on any atom is 0.143 e. The Morgan fingerprint density at radius 3 is 2.84 bits per heavy atom. The van der Waals surface area contributed by atoms with Crippen molar-refractivity contribution in [3.8, 4) is 5.82 Å². The molecule has 1 aliphatic rings. The molecule has 0 aromatic carbocycles. The Morgan fingerprint density at radius 2 is 2.05 bits per heavy atom. The molecule has 19 heavy (non-hydrogen) atoms. The first-order valence-electron chi connectivity index (χ1n) is 6.93. The molecule has 0 spiro atoms. The van der Waals surface area contributed by atoms with Crippen LogP contribution in [-0.4, -0.2) is 14.5 Å². The van der Waals surface area contributed by atoms with Crippen molar-refractivity contribution in [3.05, 3.63) is 40.6 Å². The standard InChI is InChI=1S/C15H20N4/c1-10-7-11(2)18-15(12(10)8-16)19-9-17-13-5-3-4-6-14(13)19/h7,9H,3-6,8,16H2,1-2H3. The summed E-state index contributed by atoms with van der Waals surface area (Å²) in [5, 5.41) is 0. The Kier molecular flexibility index (Phi) is 3.11. The molecule has 4 heteroatoms. The summed E-state index contributed by atoms with van der Waals surface area (Å²) in [6.45, 7) is 4.64. The van der Waals surface area contributed by atoms with E-state index in [1.807, 2.05) is 13.3 Å². The number of hydrogen-bond donors (Lipinski definition) is 1. The molecular weight excluding hydrogens is 236 g/mol. The molecular formula is C15H20N4. The van der Waals surface area contributed by atoms with Gasteiger partial charge in [-0.05, 0) is 51.2 Å². The molecule has 0 saturated carbocycles. The van der Waals surface area contributed by atoms with E-state index in [-0.39, 0.29) is 0 Å². The first-order chi connectivity index (χ1) is 9.20. The van der Waals surface area contributed by atoms with Gasteiger partial charge >= 0.3 is 0 Å². The van der Waals surface area contributed by atoms with E-state index in [9.17, 15) is 0 Å². The molecule has 0 unspecified atom stereocenters. The SMILES string of the molecule is Cc1cc(C)c(CN)c(-n2cnc3c2CCCC3)n1. The van der Waals surface area contributed by atoms with E-state index in [4.69, 9.17) is 10.7 Å². The molecule has 0 amide bonds. The molecule has 0 fully saturated rings. The lowest BCUT2D eigenvalue weighted by Gasteiger charge is -2.17. The highest BCUT2D eigenvalue weighted by molar-refractivity contribution is 5.43. The molecule has 2 aromatic rings. The van der Waals surface area contributed by atoms with Crippen LogP contribution in [-0.2, 0) is 19.4 Å². The first kappa shape index (κ1) is 12.4. The van der Waals surface area contributed by atoms with Gasteiger partial charge in [0.1, 0.15) is 12.1 Å². The van der Waals surface area contributed by atoms with Crippen molar-refractivity contribution in [2.45, 2.75) is 46.1 Å². The van der Waals surface area contributed by atoms with Gasteiger partial charge in [-0.3, -0.25) is 4.57 Å². The Morgan fingerprint density at radius 1 is 1.26 bits per heavy atom. The summed E-state index contributed by atoms with van der Waals surface area (Å²) in [5.41, 5.74) is 11.8. The topological polar surface area (TPSA) is 56.7 Å². The molecule has 1 aliphatic carbocycles. The third-order valence-corrected chi connectivity index (χ3v) is 3.92. The van der Waals surface area contributed by atoms with E-state index in [0.29, 0.717) is 6.54 Å². The molecule has 0 radical (unpaired) electrons. The number of nitrogens with zero attached hydrogens (tertiary/aromatic N) is 3. The van der Waals surface area contributed by atoms with Crippen LogP contribution in [0.3, 0.4) is 0 Å². The summed E-state index contributed by atoms with van der Waals surface area (Å²) in [6, 6.07) is 2.09. The molecule has 0 bridgehead atoms. The second-order valence-corrected chi connectivity index (χ2v) is 5.30. The van der Waals surface area contributed by atoms with Gasteiger partial charge in [0, 0.05) is 23.5 Å². The number of rotatable bonds is 2. The van der Waals surface area contributed by atoms with Crippen LogP contribution in [0.1, 0.15) is 41.1 Å². The highest BCUT2D eigenvalue weighted by Crippen LogP contribution is 2.25. The Bertz CT molecular complexity index is 613. The van der Waals surface area contributed by atoms with E-state index < -0.39 is 0 Å². The van der Waals surface area contributed by atoms with Gasteiger partial charge in [-0.1, -0.05) is 0 Å². The van der Waals surface area contributed by atoms with Gasteiger partial charge in [0.25, 0.3) is 0 Å². The highest BCUT2D eigenvalue weighted by Gasteiger charge is 2.19. The van der Waals surface area contributed by atoms with Gasteiger partial charge in [0.05, 0.1) is 5.69 Å². The average Bonchev–Trinajstić information content (AvgIpc) is 2.81. The van der Waals surface area contributed by atoms with Crippen LogP contribution in [0.4, 0.5) is 0 Å². The molecule has 2 heterocycles. The summed E-state index contributed by atoms with van der Waals surface area (Å²) >= 11 is 0. The quantitative estimate of drug-likeness (QED) is 0.896. The van der Waals surface area contributed by atoms with Crippen molar-refractivity contribution in [3.63, 3.8) is 0 Å². The second kappa shape index (κ2) is 4.78. The molecule has 4 nitrogen and oxygen atoms in total. The molecule has 0 aliphatic heterocycles. The summed E-state index contributed by atoms with van der Waals surface area (Å²) in [4.78, 5) is 9.25. The minimum atomic E-state index is 0.515. The van der Waals surface area contributed by atoms with Crippen LogP contribution < -0.4 is 5.73 Å². The van der Waals surface area contributed by atoms with Crippen LogP contribution in [0.5, 0.6) is 0 Å². The molecule has 100 valence electrons. The average molecular weight is 256 g/mol. The Hall–Kier alpha value is -1.68. The lowest BCUT2D eigenvalue weighted by molar-refractivity contribution is 0.652. The van der Waals surface area contributed by atoms with Gasteiger partial charge in [-0.15, -0.1) is 0 Å². The molecule has 0 atom stereocenters. The van der Waals surface area contributed by atoms with Crippen LogP contribution in [0.25, 0.3) is 5.82 Å². The number of hydrogen-bond acceptors (Lipinski definition) is 3. The largest absolute Gasteiger partial charge is 0.326 e. The van der Waals surface area contributed by atoms with Crippen molar-refractivity contribution in [1.82, 2.24) is 14.5 Å². The number of nitrogens with two attached hydrogens (primary N) is 1. The lowest BCUT2D eigenvalue weighted by Crippen LogP contribution is -2.13. The number of fused-ring (bicyclic) bond motifs is 1. The minimum absolute atomic E-state index is 0.515. The predicted molar refractivity (Wildman–Crippen MR) is 75.4 cm³/mol. The summed E-state index contributed by atoms with van der Waals surface area (Å²) in [7, 11) is 0. The van der Waals surface area contributed by atoms with Crippen LogP contribution >= 0.6 is 0 Å². The van der Waals surface area contributed by atoms with E-state index >= 15 is 0 Å². The highest BCUT2D eigenvalue weighted by atomic mass is 15.1. The van der Waals surface area contributed by atoms with Crippen molar-refractivity contribution in [2.75, 3.05) is 0 Å². The second-order valence-electron chi connectivity index (χ2n) is 5.30. The zero-order chi connectivity index (χ0) is 13.4. The zero-order valence-electron chi connectivity index (χ0n) is 11.6. The normalized spacial score (nSPS) is 14.5. The van der Waals surface area contributed by atoms with Crippen LogP contribution in [0, 0.1) is 13.8 Å². The molecule has 2 N–H and O–H groups in total. The number of aryl methyl sites for hydroxylation is 3. The summed E-state index contributed by atoms with van der Waals surface area (Å²) < 4.78 is 2.15. The summed E-state index contributed by atoms with van der Waals surface area (Å²) in [6.07, 6.45) is 6.57. The van der Waals surface area contributed by atoms with E-state index in [1.54, 1.807) is 0 Å². The van der Waals surface area contributed by atoms with Crippen molar-refractivity contribution >= 4 is 0 Å². The van der Waals surface area contributed by atoms with Gasteiger partial charge in [-0.2, -0.15) is 0 Å². The van der Waals surface area contributed by atoms with Crippen molar-refractivity contribution in [1.29, 1.82) is 0 Å². The summed E-state index contributed by atoms with van der Waals surface area (Å²) in [5.74, 6) is 0.968. The van der Waals surface area contributed by atoms with E-state index in [2.05, 4.69) is 22.5 Å². The number of aromatic nitrogens is 3. The third kappa shape index (κ3) is 2.06. The maximum absolute atomic E-state index is 5.91. The lowest BCUT2D eigenvalue weighted by atomic mass is 10.0. The fourth-order valence-electron chi connectivity index (χ4n) is 2.95. The Balaban J connectivity index is 2.19. The smallest absolute Gasteiger partial charge is 0.143 e. The molecule has 2 aromatic heterocycles. The van der Waals surface area contributed by atoms with Gasteiger partial charge in [0.2, 0.25) is 0 Å². The monoisotopic (exact) mass is 256 g/mol. The Labute approximate surface area is 113 Å². The third-order valence-electron chi connectivity index (χ3n) is 3.92. The van der Waals surface area contributed by atoms with Crippen molar-refractivity contribution in [2.24, 2.45) is 5.73 Å². The van der Waals surface area contributed by atoms with Gasteiger partial charge < -0.3 is 5.73 Å². The molecule has 0 saturated heterocycles. The van der Waals surface area contributed by atoms with Crippen LogP contribution in [0.2, 0.25) is 0 Å². The number of imidazole rings is 1. The van der Waals surface area contributed by atoms with Gasteiger partial charge in [0.15, 0.2) is 0 Å². The fraction of sp³-hybridized carbons (Fsp3) is 0.467. The predicted octanol–water partition coefficient (Wildman–Crippen LogP) is 2.22. The van der Waals surface area contributed by atoms with Crippen LogP contribution in [0.15, 0.2) is 12.4 Å². The first-order valence-corrected chi connectivity index (χ1v) is 6.93. The number of pyridine rings is 1. The van der Waals surface area contributed by atoms with E-state index in [0.717, 1.165) is 29.9 Å². The minimum Gasteiger partial charge on any atom is -0.326 e. The molecule has 3 rings (SSSR count). The van der Waals surface area contributed by atoms with Crippen molar-refractivity contribution < 1.29 is 0 Å². The van der Waals surface area contributed by atoms with Gasteiger partial charge in [-0.25, -0.2) is 9.97 Å².